The van der Waals surface area contributed by atoms with Crippen molar-refractivity contribution in [3.63, 3.8) is 0 Å². The Balaban J connectivity index is 1.95. The molecule has 0 atom stereocenters. The van der Waals surface area contributed by atoms with Crippen molar-refractivity contribution in [2.45, 2.75) is 73.1 Å². The van der Waals surface area contributed by atoms with Gasteiger partial charge in [0.15, 0.2) is 5.78 Å². The fourth-order valence-corrected chi connectivity index (χ4v) is 4.21. The highest BCUT2D eigenvalue weighted by Gasteiger charge is 2.34. The lowest BCUT2D eigenvalue weighted by Crippen LogP contribution is -2.29. The lowest BCUT2D eigenvalue weighted by Gasteiger charge is -2.35. The second-order valence-electron chi connectivity index (χ2n) is 10.8. The lowest BCUT2D eigenvalue weighted by molar-refractivity contribution is -0.113. The van der Waals surface area contributed by atoms with Crippen molar-refractivity contribution in [2.24, 2.45) is 11.3 Å². The maximum atomic E-state index is 13.4. The second-order valence-corrected chi connectivity index (χ2v) is 10.8. The Kier molecular flexibility index (Phi) is 7.04. The quantitative estimate of drug-likeness (QED) is 0.459. The minimum atomic E-state index is 0.155. The Morgan fingerprint density at radius 1 is 0.710 bits per heavy atom. The third-order valence-corrected chi connectivity index (χ3v) is 6.63. The molecule has 2 aromatic carbocycles. The van der Waals surface area contributed by atoms with E-state index in [0.717, 1.165) is 35.1 Å². The van der Waals surface area contributed by atoms with Crippen molar-refractivity contribution in [1.29, 1.82) is 0 Å². The van der Waals surface area contributed by atoms with Crippen molar-refractivity contribution in [3.8, 4) is 0 Å². The summed E-state index contributed by atoms with van der Waals surface area (Å²) in [6.45, 7) is 15.7. The first-order chi connectivity index (χ1) is 14.5. The average molecular weight is 415 g/mol. The Hall–Kier alpha value is -2.41. The lowest BCUT2D eigenvalue weighted by atomic mass is 9.68. The zero-order valence-electron chi connectivity index (χ0n) is 20.3. The molecule has 0 spiro atoms. The van der Waals surface area contributed by atoms with Gasteiger partial charge in [-0.2, -0.15) is 0 Å². The number of hydrogen-bond donors (Lipinski definition) is 0. The Bertz CT molecular complexity index is 887. The maximum Gasteiger partial charge on any atom is 0.185 e. The molecule has 0 unspecified atom stereocenters. The summed E-state index contributed by atoms with van der Waals surface area (Å²) in [6, 6.07) is 17.3. The van der Waals surface area contributed by atoms with E-state index in [1.165, 1.54) is 11.1 Å². The van der Waals surface area contributed by atoms with Crippen LogP contribution >= 0.6 is 0 Å². The van der Waals surface area contributed by atoms with Gasteiger partial charge in [-0.15, -0.1) is 0 Å². The van der Waals surface area contributed by atoms with E-state index < -0.39 is 0 Å². The van der Waals surface area contributed by atoms with Crippen molar-refractivity contribution in [2.75, 3.05) is 0 Å². The molecule has 0 aromatic heterocycles. The number of carbonyl (C=O) groups is 1. The van der Waals surface area contributed by atoms with Crippen molar-refractivity contribution in [1.82, 2.24) is 0 Å². The molecule has 0 heterocycles. The number of allylic oxidation sites excluding steroid dienone is 2. The SMILES string of the molecule is CC(C)c1ccc(C=C2CC(C(C)(C)C)CC(=Cc3ccc(C(C)C)cc3)C2=O)cc1. The van der Waals surface area contributed by atoms with Gasteiger partial charge in [0.05, 0.1) is 0 Å². The van der Waals surface area contributed by atoms with Gasteiger partial charge in [0, 0.05) is 11.1 Å². The van der Waals surface area contributed by atoms with Crippen LogP contribution in [0.4, 0.5) is 0 Å². The largest absolute Gasteiger partial charge is 0.289 e. The Morgan fingerprint density at radius 3 is 1.35 bits per heavy atom. The number of Topliss-reactive ketones (excluding diaryl/α,β-unsaturated/α-hetero) is 1. The van der Waals surface area contributed by atoms with E-state index in [1.807, 2.05) is 0 Å². The maximum absolute atomic E-state index is 13.4. The molecule has 3 rings (SSSR count). The minimum Gasteiger partial charge on any atom is -0.289 e. The van der Waals surface area contributed by atoms with E-state index in [0.29, 0.717) is 17.8 Å². The van der Waals surface area contributed by atoms with E-state index >= 15 is 0 Å². The first-order valence-corrected chi connectivity index (χ1v) is 11.7. The molecular formula is C30H38O. The second kappa shape index (κ2) is 9.39. The van der Waals surface area contributed by atoms with Crippen LogP contribution in [0.15, 0.2) is 59.7 Å². The number of rotatable bonds is 4. The number of ketones is 1. The molecule has 0 saturated heterocycles. The standard InChI is InChI=1S/C30H38O/c1-20(2)24-12-8-22(9-13-24)16-26-18-28(30(5,6)7)19-27(29(26)31)17-23-10-14-25(15-11-23)21(3)4/h8-17,20-21,28H,18-19H2,1-7H3. The molecule has 0 aliphatic heterocycles. The van der Waals surface area contributed by atoms with Crippen molar-refractivity contribution in [3.05, 3.63) is 81.9 Å². The van der Waals surface area contributed by atoms with Crippen LogP contribution in [0, 0.1) is 11.3 Å². The molecular weight excluding hydrogens is 376 g/mol. The molecule has 0 bridgehead atoms. The van der Waals surface area contributed by atoms with Gasteiger partial charge in [0.25, 0.3) is 0 Å². The van der Waals surface area contributed by atoms with Crippen LogP contribution in [-0.4, -0.2) is 5.78 Å². The normalized spacial score (nSPS) is 20.3. The molecule has 2 aromatic rings. The molecule has 1 heteroatoms. The van der Waals surface area contributed by atoms with E-state index in [4.69, 9.17) is 0 Å². The highest BCUT2D eigenvalue weighted by Crippen LogP contribution is 2.42. The molecule has 1 fully saturated rings. The summed E-state index contributed by atoms with van der Waals surface area (Å²) in [5.74, 6) is 1.69. The highest BCUT2D eigenvalue weighted by atomic mass is 16.1. The van der Waals surface area contributed by atoms with E-state index in [1.54, 1.807) is 0 Å². The van der Waals surface area contributed by atoms with E-state index in [9.17, 15) is 4.79 Å². The molecule has 0 N–H and O–H groups in total. The van der Waals surface area contributed by atoms with Crippen LogP contribution in [0.3, 0.4) is 0 Å². The first-order valence-electron chi connectivity index (χ1n) is 11.7. The van der Waals surface area contributed by atoms with Crippen LogP contribution in [0.5, 0.6) is 0 Å². The average Bonchev–Trinajstić information content (AvgIpc) is 2.71. The smallest absolute Gasteiger partial charge is 0.185 e. The number of hydrogen-bond acceptors (Lipinski definition) is 1. The van der Waals surface area contributed by atoms with Gasteiger partial charge in [-0.25, -0.2) is 0 Å². The summed E-state index contributed by atoms with van der Waals surface area (Å²) in [5, 5.41) is 0. The van der Waals surface area contributed by atoms with Crippen molar-refractivity contribution >= 4 is 17.9 Å². The third kappa shape index (κ3) is 5.85. The van der Waals surface area contributed by atoms with Crippen LogP contribution in [0.1, 0.15) is 95.4 Å². The molecule has 1 aliphatic carbocycles. The monoisotopic (exact) mass is 414 g/mol. The van der Waals surface area contributed by atoms with Crippen LogP contribution in [-0.2, 0) is 4.79 Å². The zero-order valence-corrected chi connectivity index (χ0v) is 20.3. The van der Waals surface area contributed by atoms with Crippen LogP contribution in [0.25, 0.3) is 12.2 Å². The summed E-state index contributed by atoms with van der Waals surface area (Å²) in [4.78, 5) is 13.4. The van der Waals surface area contributed by atoms with Gasteiger partial charge in [-0.1, -0.05) is 97.0 Å². The van der Waals surface area contributed by atoms with Crippen LogP contribution in [0.2, 0.25) is 0 Å². The molecule has 1 nitrogen and oxygen atoms in total. The minimum absolute atomic E-state index is 0.155. The summed E-state index contributed by atoms with van der Waals surface area (Å²) in [5.41, 5.74) is 6.92. The summed E-state index contributed by atoms with van der Waals surface area (Å²) >= 11 is 0. The third-order valence-electron chi connectivity index (χ3n) is 6.63. The van der Waals surface area contributed by atoms with E-state index in [-0.39, 0.29) is 11.2 Å². The topological polar surface area (TPSA) is 17.1 Å². The van der Waals surface area contributed by atoms with Gasteiger partial charge in [0.2, 0.25) is 0 Å². The molecule has 1 aliphatic rings. The fraction of sp³-hybridized carbons (Fsp3) is 0.433. The van der Waals surface area contributed by atoms with E-state index in [2.05, 4.69) is 109 Å². The fourth-order valence-electron chi connectivity index (χ4n) is 4.21. The Morgan fingerprint density at radius 2 is 1.06 bits per heavy atom. The number of benzene rings is 2. The predicted octanol–water partition coefficient (Wildman–Crippen LogP) is 8.43. The summed E-state index contributed by atoms with van der Waals surface area (Å²) < 4.78 is 0. The van der Waals surface area contributed by atoms with Gasteiger partial charge >= 0.3 is 0 Å². The molecule has 164 valence electrons. The van der Waals surface area contributed by atoms with Gasteiger partial charge in [0.1, 0.15) is 0 Å². The summed E-state index contributed by atoms with van der Waals surface area (Å²) in [6.07, 6.45) is 5.91. The predicted molar refractivity (Wildman–Crippen MR) is 134 cm³/mol. The molecule has 1 saturated carbocycles. The van der Waals surface area contributed by atoms with Crippen LogP contribution < -0.4 is 0 Å². The molecule has 31 heavy (non-hydrogen) atoms. The first kappa shape index (κ1) is 23.3. The molecule has 0 amide bonds. The highest BCUT2D eigenvalue weighted by molar-refractivity contribution is 6.14. The Labute approximate surface area is 189 Å². The van der Waals surface area contributed by atoms with Crippen molar-refractivity contribution < 1.29 is 4.79 Å². The zero-order chi connectivity index (χ0) is 22.8. The van der Waals surface area contributed by atoms with Gasteiger partial charge in [-0.05, 0) is 70.4 Å². The molecule has 0 radical (unpaired) electrons. The number of carbonyl (C=O) groups excluding carboxylic acids is 1. The van der Waals surface area contributed by atoms with Gasteiger partial charge < -0.3 is 0 Å². The summed E-state index contributed by atoms with van der Waals surface area (Å²) in [7, 11) is 0. The van der Waals surface area contributed by atoms with Gasteiger partial charge in [-0.3, -0.25) is 4.79 Å².